The normalized spacial score (nSPS) is 14.5. The summed E-state index contributed by atoms with van der Waals surface area (Å²) in [5.74, 6) is -0.766. The summed E-state index contributed by atoms with van der Waals surface area (Å²) in [5, 5.41) is 3.73. The highest BCUT2D eigenvalue weighted by Crippen LogP contribution is 2.33. The third-order valence-electron chi connectivity index (χ3n) is 6.67. The Morgan fingerprint density at radius 2 is 1.83 bits per heavy atom. The summed E-state index contributed by atoms with van der Waals surface area (Å²) in [6, 6.07) is 21.4. The Balaban J connectivity index is 1.28. The number of benzene rings is 3. The van der Waals surface area contributed by atoms with E-state index in [4.69, 9.17) is 4.74 Å². The van der Waals surface area contributed by atoms with Crippen molar-refractivity contribution in [1.29, 1.82) is 0 Å². The molecule has 184 valence electrons. The molecule has 5 heteroatoms. The predicted octanol–water partition coefficient (Wildman–Crippen LogP) is 6.03. The lowest BCUT2D eigenvalue weighted by molar-refractivity contribution is 0.0502. The fourth-order valence-corrected chi connectivity index (χ4v) is 5.05. The van der Waals surface area contributed by atoms with Gasteiger partial charge in [0.25, 0.3) is 0 Å². The average molecular weight is 475 g/mol. The number of nitrogens with zero attached hydrogens (tertiary/aromatic N) is 1. The van der Waals surface area contributed by atoms with Crippen molar-refractivity contribution in [3.63, 3.8) is 0 Å². The van der Waals surface area contributed by atoms with E-state index in [9.17, 15) is 9.18 Å². The maximum atomic E-state index is 13.0. The van der Waals surface area contributed by atoms with Crippen molar-refractivity contribution >= 4 is 11.7 Å². The van der Waals surface area contributed by atoms with Gasteiger partial charge in [0.1, 0.15) is 5.82 Å². The monoisotopic (exact) mass is 474 g/mol. The smallest absolute Gasteiger partial charge is 0.338 e. The van der Waals surface area contributed by atoms with Crippen LogP contribution in [0.2, 0.25) is 0 Å². The predicted molar refractivity (Wildman–Crippen MR) is 140 cm³/mol. The van der Waals surface area contributed by atoms with Crippen LogP contribution in [0.25, 0.3) is 0 Å². The number of aryl methyl sites for hydroxylation is 1. The molecule has 0 fully saturated rings. The van der Waals surface area contributed by atoms with Crippen molar-refractivity contribution < 1.29 is 13.9 Å². The average Bonchev–Trinajstić information content (AvgIpc) is 3.26. The Morgan fingerprint density at radius 1 is 1.09 bits per heavy atom. The van der Waals surface area contributed by atoms with Gasteiger partial charge in [-0.25, -0.2) is 9.18 Å². The molecule has 3 aromatic carbocycles. The van der Waals surface area contributed by atoms with Crippen LogP contribution in [0.3, 0.4) is 0 Å². The number of carbonyl (C=O) groups is 1. The van der Waals surface area contributed by atoms with Crippen molar-refractivity contribution in [2.45, 2.75) is 52.1 Å². The van der Waals surface area contributed by atoms with Gasteiger partial charge >= 0.3 is 5.97 Å². The van der Waals surface area contributed by atoms with Gasteiger partial charge in [-0.2, -0.15) is 0 Å². The van der Waals surface area contributed by atoms with Gasteiger partial charge < -0.3 is 15.0 Å². The van der Waals surface area contributed by atoms with Crippen LogP contribution in [-0.2, 0) is 17.6 Å². The van der Waals surface area contributed by atoms with Gasteiger partial charge in [-0.1, -0.05) is 42.5 Å². The maximum Gasteiger partial charge on any atom is 0.338 e. The van der Waals surface area contributed by atoms with E-state index in [-0.39, 0.29) is 5.82 Å². The van der Waals surface area contributed by atoms with Crippen LogP contribution in [0.15, 0.2) is 66.7 Å². The molecule has 0 radical (unpaired) electrons. The molecule has 4 nitrogen and oxygen atoms in total. The Bertz CT molecular complexity index is 1130. The minimum Gasteiger partial charge on any atom is -0.462 e. The molecule has 0 aliphatic carbocycles. The van der Waals surface area contributed by atoms with Gasteiger partial charge in [0.05, 0.1) is 12.2 Å². The quantitative estimate of drug-likeness (QED) is 0.288. The van der Waals surface area contributed by atoms with Crippen molar-refractivity contribution in [3.8, 4) is 0 Å². The maximum absolute atomic E-state index is 13.0. The van der Waals surface area contributed by atoms with E-state index in [2.05, 4.69) is 73.5 Å². The van der Waals surface area contributed by atoms with E-state index >= 15 is 0 Å². The number of nitrogens with one attached hydrogen (secondary N) is 1. The van der Waals surface area contributed by atoms with Crippen LogP contribution in [0.1, 0.15) is 58.9 Å². The zero-order valence-corrected chi connectivity index (χ0v) is 20.9. The van der Waals surface area contributed by atoms with Crippen molar-refractivity contribution in [2.75, 3.05) is 24.6 Å². The highest BCUT2D eigenvalue weighted by molar-refractivity contribution is 5.89. The lowest BCUT2D eigenvalue weighted by Crippen LogP contribution is -2.30. The standard InChI is InChI=1S/C30H35FN2O2/c1-21-18-24(19-22(2)32-23(3)25-8-5-4-6-9-25)20-27-14-16-33(29(21)27)15-7-17-35-30(34)26-10-12-28(31)13-11-26/h4-6,8-13,18,20,22-23,32H,7,14-17,19H2,1-3H3/t22-,23-/m1/s1. The van der Waals surface area contributed by atoms with E-state index in [0.717, 1.165) is 32.4 Å². The van der Waals surface area contributed by atoms with Gasteiger partial charge in [-0.05, 0) is 86.6 Å². The van der Waals surface area contributed by atoms with Gasteiger partial charge in [-0.15, -0.1) is 0 Å². The fourth-order valence-electron chi connectivity index (χ4n) is 5.05. The molecular formula is C30H35FN2O2. The lowest BCUT2D eigenvalue weighted by atomic mass is 9.98. The fraction of sp³-hybridized carbons (Fsp3) is 0.367. The second kappa shape index (κ2) is 11.5. The largest absolute Gasteiger partial charge is 0.462 e. The molecule has 1 aliphatic rings. The van der Waals surface area contributed by atoms with Gasteiger partial charge in [0.2, 0.25) is 0 Å². The molecule has 0 bridgehead atoms. The molecule has 0 saturated carbocycles. The third-order valence-corrected chi connectivity index (χ3v) is 6.67. The van der Waals surface area contributed by atoms with E-state index in [1.54, 1.807) is 0 Å². The first-order chi connectivity index (χ1) is 16.9. The van der Waals surface area contributed by atoms with Gasteiger partial charge in [0.15, 0.2) is 0 Å². The van der Waals surface area contributed by atoms with Crippen LogP contribution in [0.4, 0.5) is 10.1 Å². The van der Waals surface area contributed by atoms with Crippen LogP contribution >= 0.6 is 0 Å². The van der Waals surface area contributed by atoms with Crippen LogP contribution < -0.4 is 10.2 Å². The lowest BCUT2D eigenvalue weighted by Gasteiger charge is -2.23. The second-order valence-corrected chi connectivity index (χ2v) is 9.56. The number of carbonyl (C=O) groups excluding carboxylic acids is 1. The summed E-state index contributed by atoms with van der Waals surface area (Å²) < 4.78 is 18.4. The third kappa shape index (κ3) is 6.49. The molecule has 0 amide bonds. The summed E-state index contributed by atoms with van der Waals surface area (Å²) in [4.78, 5) is 14.5. The first-order valence-corrected chi connectivity index (χ1v) is 12.5. The first-order valence-electron chi connectivity index (χ1n) is 12.5. The Morgan fingerprint density at radius 3 is 2.57 bits per heavy atom. The minimum absolute atomic E-state index is 0.314. The first kappa shape index (κ1) is 24.9. The molecule has 1 heterocycles. The molecule has 2 atom stereocenters. The second-order valence-electron chi connectivity index (χ2n) is 9.56. The van der Waals surface area contributed by atoms with Crippen molar-refractivity contribution in [1.82, 2.24) is 5.32 Å². The molecular weight excluding hydrogens is 439 g/mol. The topological polar surface area (TPSA) is 41.6 Å². The van der Waals surface area contributed by atoms with E-state index in [1.807, 2.05) is 0 Å². The molecule has 0 aromatic heterocycles. The highest BCUT2D eigenvalue weighted by atomic mass is 19.1. The summed E-state index contributed by atoms with van der Waals surface area (Å²) in [7, 11) is 0. The summed E-state index contributed by atoms with van der Waals surface area (Å²) in [5.41, 5.74) is 7.10. The summed E-state index contributed by atoms with van der Waals surface area (Å²) in [6.45, 7) is 8.85. The number of ether oxygens (including phenoxy) is 1. The van der Waals surface area contributed by atoms with Gasteiger partial charge in [-0.3, -0.25) is 0 Å². The number of fused-ring (bicyclic) bond motifs is 1. The number of halogens is 1. The molecule has 35 heavy (non-hydrogen) atoms. The number of hydrogen-bond donors (Lipinski definition) is 1. The number of rotatable bonds is 10. The molecule has 0 unspecified atom stereocenters. The molecule has 1 N–H and O–H groups in total. The Labute approximate surface area is 208 Å². The molecule has 3 aromatic rings. The number of hydrogen-bond acceptors (Lipinski definition) is 4. The SMILES string of the molecule is Cc1cc(C[C@@H](C)N[C@H](C)c2ccccc2)cc2c1N(CCCOC(=O)c1ccc(F)cc1)CC2. The van der Waals surface area contributed by atoms with Crippen molar-refractivity contribution in [2.24, 2.45) is 0 Å². The zero-order valence-electron chi connectivity index (χ0n) is 20.9. The van der Waals surface area contributed by atoms with Crippen molar-refractivity contribution in [3.05, 3.63) is 100 Å². The minimum atomic E-state index is -0.406. The van der Waals surface area contributed by atoms with E-state index in [0.29, 0.717) is 24.3 Å². The zero-order chi connectivity index (χ0) is 24.8. The Hall–Kier alpha value is -3.18. The van der Waals surface area contributed by atoms with Crippen LogP contribution in [0, 0.1) is 12.7 Å². The van der Waals surface area contributed by atoms with E-state index in [1.165, 1.54) is 52.2 Å². The van der Waals surface area contributed by atoms with E-state index < -0.39 is 5.97 Å². The number of esters is 1. The highest BCUT2D eigenvalue weighted by Gasteiger charge is 2.22. The Kier molecular flexibility index (Phi) is 8.19. The molecule has 4 rings (SSSR count). The summed E-state index contributed by atoms with van der Waals surface area (Å²) in [6.07, 6.45) is 2.79. The molecule has 0 spiro atoms. The van der Waals surface area contributed by atoms with Gasteiger partial charge in [0, 0.05) is 30.9 Å². The number of anilines is 1. The molecule has 0 saturated heterocycles. The summed E-state index contributed by atoms with van der Waals surface area (Å²) >= 11 is 0. The molecule has 1 aliphatic heterocycles. The van der Waals surface area contributed by atoms with Crippen LogP contribution in [-0.4, -0.2) is 31.7 Å². The van der Waals surface area contributed by atoms with Crippen LogP contribution in [0.5, 0.6) is 0 Å².